The number of amides is 1. The Kier molecular flexibility index (Phi) is 8.21. The van der Waals surface area contributed by atoms with Crippen LogP contribution in [0.5, 0.6) is 0 Å². The van der Waals surface area contributed by atoms with Crippen molar-refractivity contribution < 1.29 is 18.7 Å². The SMILES string of the molecule is CCCCn1c(=O)[nH]c(=O)c2c1nc(COC(=O)[C@@H](NC(=O)c1ccccc1F)C(C)C)n2CC. The fourth-order valence-corrected chi connectivity index (χ4v) is 3.78. The third kappa shape index (κ3) is 5.50. The molecule has 3 aromatic rings. The third-order valence-electron chi connectivity index (χ3n) is 5.69. The molecule has 2 N–H and O–H groups in total. The average Bonchev–Trinajstić information content (AvgIpc) is 3.19. The van der Waals surface area contributed by atoms with Crippen molar-refractivity contribution in [3.05, 3.63) is 62.3 Å². The predicted molar refractivity (Wildman–Crippen MR) is 127 cm³/mol. The van der Waals surface area contributed by atoms with E-state index in [0.717, 1.165) is 18.9 Å². The van der Waals surface area contributed by atoms with Crippen LogP contribution in [0.3, 0.4) is 0 Å². The maximum absolute atomic E-state index is 14.0. The third-order valence-corrected chi connectivity index (χ3v) is 5.69. The van der Waals surface area contributed by atoms with Crippen molar-refractivity contribution >= 4 is 23.0 Å². The van der Waals surface area contributed by atoms with Crippen LogP contribution in [0.15, 0.2) is 33.9 Å². The number of benzene rings is 1. The van der Waals surface area contributed by atoms with E-state index in [1.54, 1.807) is 25.3 Å². The highest BCUT2D eigenvalue weighted by Crippen LogP contribution is 2.15. The number of ether oxygens (including phenoxy) is 1. The lowest BCUT2D eigenvalue weighted by molar-refractivity contribution is -0.148. The number of unbranched alkanes of at least 4 members (excludes halogenated alkanes) is 1. The van der Waals surface area contributed by atoms with Crippen LogP contribution < -0.4 is 16.6 Å². The number of fused-ring (bicyclic) bond motifs is 1. The Bertz CT molecular complexity index is 1340. The first-order chi connectivity index (χ1) is 16.7. The number of carbonyl (C=O) groups is 2. The highest BCUT2D eigenvalue weighted by Gasteiger charge is 2.28. The second-order valence-electron chi connectivity index (χ2n) is 8.49. The molecule has 0 aliphatic heterocycles. The van der Waals surface area contributed by atoms with E-state index in [1.807, 2.05) is 6.92 Å². The fourth-order valence-electron chi connectivity index (χ4n) is 3.78. The second kappa shape index (κ2) is 11.1. The lowest BCUT2D eigenvalue weighted by Gasteiger charge is -2.21. The van der Waals surface area contributed by atoms with Gasteiger partial charge in [-0.25, -0.2) is 19.0 Å². The van der Waals surface area contributed by atoms with Crippen LogP contribution in [-0.4, -0.2) is 37.0 Å². The van der Waals surface area contributed by atoms with Gasteiger partial charge >= 0.3 is 11.7 Å². The summed E-state index contributed by atoms with van der Waals surface area (Å²) in [6.45, 7) is 7.71. The predicted octanol–water partition coefficient (Wildman–Crippen LogP) is 2.34. The van der Waals surface area contributed by atoms with E-state index >= 15 is 0 Å². The van der Waals surface area contributed by atoms with Crippen molar-refractivity contribution in [3.63, 3.8) is 0 Å². The largest absolute Gasteiger partial charge is 0.456 e. The number of H-pyrrole nitrogens is 1. The van der Waals surface area contributed by atoms with Crippen molar-refractivity contribution in [2.45, 2.75) is 66.3 Å². The molecular formula is C24H30FN5O5. The van der Waals surface area contributed by atoms with Crippen LogP contribution in [0.25, 0.3) is 11.2 Å². The van der Waals surface area contributed by atoms with E-state index in [1.165, 1.54) is 22.8 Å². The number of hydrogen-bond donors (Lipinski definition) is 2. The number of carbonyl (C=O) groups excluding carboxylic acids is 2. The standard InChI is InChI=1S/C24H30FN5O5/c1-5-7-12-30-20-19(22(32)28-24(30)34)29(6-2)17(26-20)13-35-23(33)18(14(3)4)27-21(31)15-10-8-9-11-16(15)25/h8-11,14,18H,5-7,12-13H2,1-4H3,(H,27,31)(H,28,32,34)/t18-/m0/s1. The van der Waals surface area contributed by atoms with Gasteiger partial charge in [0.25, 0.3) is 11.5 Å². The number of imidazole rings is 1. The molecule has 1 amide bonds. The monoisotopic (exact) mass is 487 g/mol. The van der Waals surface area contributed by atoms with E-state index in [0.29, 0.717) is 18.9 Å². The Balaban J connectivity index is 1.85. The molecule has 10 nitrogen and oxygen atoms in total. The van der Waals surface area contributed by atoms with Crippen LogP contribution >= 0.6 is 0 Å². The van der Waals surface area contributed by atoms with Crippen LogP contribution in [0.1, 0.15) is 56.7 Å². The van der Waals surface area contributed by atoms with Crippen LogP contribution in [-0.2, 0) is 29.2 Å². The van der Waals surface area contributed by atoms with Gasteiger partial charge in [0.2, 0.25) is 0 Å². The Morgan fingerprint density at radius 2 is 1.89 bits per heavy atom. The Morgan fingerprint density at radius 3 is 2.51 bits per heavy atom. The van der Waals surface area contributed by atoms with Crippen LogP contribution in [0.2, 0.25) is 0 Å². The molecule has 0 saturated heterocycles. The molecule has 2 aromatic heterocycles. The zero-order valence-electron chi connectivity index (χ0n) is 20.3. The first-order valence-electron chi connectivity index (χ1n) is 11.6. The van der Waals surface area contributed by atoms with Crippen molar-refractivity contribution in [1.82, 2.24) is 24.4 Å². The summed E-state index contributed by atoms with van der Waals surface area (Å²) in [5.41, 5.74) is -0.836. The van der Waals surface area contributed by atoms with Gasteiger partial charge in [0.15, 0.2) is 11.2 Å². The molecule has 0 spiro atoms. The molecule has 35 heavy (non-hydrogen) atoms. The van der Waals surface area contributed by atoms with E-state index in [2.05, 4.69) is 15.3 Å². The van der Waals surface area contributed by atoms with Gasteiger partial charge in [-0.05, 0) is 31.4 Å². The van der Waals surface area contributed by atoms with Gasteiger partial charge in [-0.15, -0.1) is 0 Å². The summed E-state index contributed by atoms with van der Waals surface area (Å²) >= 11 is 0. The number of aromatic nitrogens is 4. The summed E-state index contributed by atoms with van der Waals surface area (Å²) in [6, 6.07) is 4.44. The minimum absolute atomic E-state index is 0.178. The molecule has 0 aliphatic carbocycles. The smallest absolute Gasteiger partial charge is 0.330 e. The Labute approximate surface area is 201 Å². The lowest BCUT2D eigenvalue weighted by Crippen LogP contribution is -2.45. The number of nitrogens with one attached hydrogen (secondary N) is 2. The highest BCUT2D eigenvalue weighted by molar-refractivity contribution is 5.97. The molecule has 0 bridgehead atoms. The number of esters is 1. The maximum atomic E-state index is 14.0. The Hall–Kier alpha value is -3.76. The van der Waals surface area contributed by atoms with Gasteiger partial charge in [0.05, 0.1) is 5.56 Å². The number of hydrogen-bond acceptors (Lipinski definition) is 6. The number of halogens is 1. The van der Waals surface area contributed by atoms with Crippen molar-refractivity contribution in [3.8, 4) is 0 Å². The second-order valence-corrected chi connectivity index (χ2v) is 8.49. The van der Waals surface area contributed by atoms with Crippen molar-refractivity contribution in [2.24, 2.45) is 5.92 Å². The quantitative estimate of drug-likeness (QED) is 0.423. The molecule has 0 aliphatic rings. The van der Waals surface area contributed by atoms with Crippen LogP contribution in [0, 0.1) is 11.7 Å². The molecule has 3 rings (SSSR count). The molecule has 0 fully saturated rings. The van der Waals surface area contributed by atoms with E-state index in [9.17, 15) is 23.6 Å². The van der Waals surface area contributed by atoms with Gasteiger partial charge in [0.1, 0.15) is 24.3 Å². The minimum Gasteiger partial charge on any atom is -0.456 e. The molecule has 0 saturated carbocycles. The van der Waals surface area contributed by atoms with E-state index in [4.69, 9.17) is 4.74 Å². The fraction of sp³-hybridized carbons (Fsp3) is 0.458. The summed E-state index contributed by atoms with van der Waals surface area (Å²) in [5, 5.41) is 2.53. The van der Waals surface area contributed by atoms with E-state index < -0.39 is 35.0 Å². The molecule has 1 aromatic carbocycles. The number of aromatic amines is 1. The zero-order chi connectivity index (χ0) is 25.7. The molecule has 1 atom stereocenters. The topological polar surface area (TPSA) is 128 Å². The number of nitrogens with zero attached hydrogens (tertiary/aromatic N) is 3. The van der Waals surface area contributed by atoms with Gasteiger partial charge < -0.3 is 14.6 Å². The minimum atomic E-state index is -1.03. The molecule has 11 heteroatoms. The van der Waals surface area contributed by atoms with E-state index in [-0.39, 0.29) is 29.3 Å². The summed E-state index contributed by atoms with van der Waals surface area (Å²) in [5.74, 6) is -2.20. The molecule has 0 radical (unpaired) electrons. The molecule has 188 valence electrons. The zero-order valence-corrected chi connectivity index (χ0v) is 20.3. The first kappa shape index (κ1) is 25.9. The Morgan fingerprint density at radius 1 is 1.17 bits per heavy atom. The summed E-state index contributed by atoms with van der Waals surface area (Å²) in [6.07, 6.45) is 1.57. The maximum Gasteiger partial charge on any atom is 0.330 e. The van der Waals surface area contributed by atoms with Gasteiger partial charge in [-0.2, -0.15) is 0 Å². The van der Waals surface area contributed by atoms with Gasteiger partial charge in [-0.1, -0.05) is 39.3 Å². The van der Waals surface area contributed by atoms with Gasteiger partial charge in [-0.3, -0.25) is 19.1 Å². The van der Waals surface area contributed by atoms with Gasteiger partial charge in [0, 0.05) is 13.1 Å². The van der Waals surface area contributed by atoms with Crippen LogP contribution in [0.4, 0.5) is 4.39 Å². The van der Waals surface area contributed by atoms with Crippen molar-refractivity contribution in [1.29, 1.82) is 0 Å². The first-order valence-corrected chi connectivity index (χ1v) is 11.6. The highest BCUT2D eigenvalue weighted by atomic mass is 19.1. The molecule has 2 heterocycles. The summed E-state index contributed by atoms with van der Waals surface area (Å²) in [7, 11) is 0. The normalized spacial score (nSPS) is 12.2. The summed E-state index contributed by atoms with van der Waals surface area (Å²) in [4.78, 5) is 57.0. The van der Waals surface area contributed by atoms with Crippen molar-refractivity contribution in [2.75, 3.05) is 0 Å². The summed E-state index contributed by atoms with van der Waals surface area (Å²) < 4.78 is 22.4. The number of aryl methyl sites for hydroxylation is 2. The average molecular weight is 488 g/mol. The number of rotatable bonds is 10. The molecular weight excluding hydrogens is 457 g/mol. The lowest BCUT2D eigenvalue weighted by atomic mass is 10.0. The molecule has 0 unspecified atom stereocenters.